The highest BCUT2D eigenvalue weighted by atomic mass is 28.4. The number of fused-ring (bicyclic) bond motifs is 1. The largest absolute Gasteiger partial charge is 0.416 e. The molecule has 29 heavy (non-hydrogen) atoms. The van der Waals surface area contributed by atoms with E-state index in [1.54, 1.807) is 0 Å². The summed E-state index contributed by atoms with van der Waals surface area (Å²) in [5.41, 5.74) is 1.35. The molecule has 2 saturated carbocycles. The molecule has 0 amide bonds. The smallest absolute Gasteiger partial charge is 0.191 e. The van der Waals surface area contributed by atoms with Crippen LogP contribution in [0.15, 0.2) is 30.3 Å². The van der Waals surface area contributed by atoms with Gasteiger partial charge >= 0.3 is 0 Å². The summed E-state index contributed by atoms with van der Waals surface area (Å²) in [4.78, 5) is 0. The van der Waals surface area contributed by atoms with Gasteiger partial charge in [0.15, 0.2) is 14.1 Å². The number of hydrogen-bond acceptors (Lipinski definition) is 4. The summed E-state index contributed by atoms with van der Waals surface area (Å²) in [6, 6.07) is 10.4. The zero-order valence-corrected chi connectivity index (χ0v) is 20.2. The van der Waals surface area contributed by atoms with Gasteiger partial charge in [-0.15, -0.1) is 0 Å². The van der Waals surface area contributed by atoms with Gasteiger partial charge < -0.3 is 18.6 Å². The van der Waals surface area contributed by atoms with Crippen molar-refractivity contribution in [2.45, 2.75) is 96.3 Å². The normalized spacial score (nSPS) is 32.5. The lowest BCUT2D eigenvalue weighted by atomic mass is 9.91. The first-order chi connectivity index (χ1) is 13.5. The molecule has 1 heterocycles. The highest BCUT2D eigenvalue weighted by molar-refractivity contribution is 6.74. The van der Waals surface area contributed by atoms with Crippen molar-refractivity contribution >= 4 is 8.32 Å². The summed E-state index contributed by atoms with van der Waals surface area (Å²) in [7, 11) is -1.82. The van der Waals surface area contributed by atoms with E-state index in [4.69, 9.17) is 18.6 Å². The van der Waals surface area contributed by atoms with Crippen LogP contribution in [0.4, 0.5) is 0 Å². The minimum absolute atomic E-state index is 0.00997. The Morgan fingerprint density at radius 3 is 2.24 bits per heavy atom. The van der Waals surface area contributed by atoms with Gasteiger partial charge in [0, 0.05) is 17.9 Å². The zero-order valence-electron chi connectivity index (χ0n) is 19.2. The van der Waals surface area contributed by atoms with E-state index in [0.29, 0.717) is 12.5 Å². The second-order valence-corrected chi connectivity index (χ2v) is 16.0. The van der Waals surface area contributed by atoms with Crippen molar-refractivity contribution in [3.05, 3.63) is 35.9 Å². The fourth-order valence-electron chi connectivity index (χ4n) is 4.82. The van der Waals surface area contributed by atoms with Gasteiger partial charge in [-0.2, -0.15) is 0 Å². The van der Waals surface area contributed by atoms with E-state index in [1.807, 2.05) is 19.9 Å². The Morgan fingerprint density at radius 1 is 1.03 bits per heavy atom. The first-order valence-corrected chi connectivity index (χ1v) is 14.0. The van der Waals surface area contributed by atoms with Crippen LogP contribution < -0.4 is 0 Å². The Morgan fingerprint density at radius 2 is 1.66 bits per heavy atom. The van der Waals surface area contributed by atoms with E-state index in [2.05, 4.69) is 58.1 Å². The molecule has 2 aliphatic carbocycles. The Kier molecular flexibility index (Phi) is 5.31. The molecule has 4 rings (SSSR count). The third kappa shape index (κ3) is 3.97. The van der Waals surface area contributed by atoms with Gasteiger partial charge in [-0.05, 0) is 50.4 Å². The number of ether oxygens (including phenoxy) is 3. The molecule has 0 radical (unpaired) electrons. The predicted octanol–water partition coefficient (Wildman–Crippen LogP) is 5.52. The minimum Gasteiger partial charge on any atom is -0.416 e. The molecule has 1 aromatic rings. The average molecular weight is 419 g/mol. The van der Waals surface area contributed by atoms with Crippen LogP contribution in [-0.2, 0) is 25.2 Å². The topological polar surface area (TPSA) is 36.9 Å². The number of hydrogen-bond donors (Lipinski definition) is 0. The molecular formula is C24H38O4Si. The maximum absolute atomic E-state index is 6.69. The first kappa shape index (κ1) is 21.5. The third-order valence-corrected chi connectivity index (χ3v) is 12.2. The van der Waals surface area contributed by atoms with E-state index in [9.17, 15) is 0 Å². The molecular weight excluding hydrogens is 380 g/mol. The van der Waals surface area contributed by atoms with Crippen LogP contribution in [0.2, 0.25) is 18.1 Å². The lowest BCUT2D eigenvalue weighted by Gasteiger charge is -2.38. The van der Waals surface area contributed by atoms with Crippen molar-refractivity contribution in [2.24, 2.45) is 11.3 Å². The molecule has 162 valence electrons. The van der Waals surface area contributed by atoms with Crippen LogP contribution in [-0.4, -0.2) is 39.0 Å². The van der Waals surface area contributed by atoms with Gasteiger partial charge in [0.1, 0.15) is 6.10 Å². The van der Waals surface area contributed by atoms with Gasteiger partial charge in [0.2, 0.25) is 0 Å². The second kappa shape index (κ2) is 7.16. The van der Waals surface area contributed by atoms with Crippen molar-refractivity contribution in [3.8, 4) is 0 Å². The Balaban J connectivity index is 1.53. The molecule has 3 fully saturated rings. The highest BCUT2D eigenvalue weighted by Gasteiger charge is 2.71. The molecule has 4 atom stereocenters. The van der Waals surface area contributed by atoms with Crippen molar-refractivity contribution in [2.75, 3.05) is 6.61 Å². The Labute approximate surface area is 177 Å². The first-order valence-electron chi connectivity index (χ1n) is 11.1. The molecule has 1 aliphatic heterocycles. The standard InChI is InChI=1S/C24H38O4Si/c1-22(2,3)29(6,7)26-16-18-19-20(28-23(4,5)27-19)21(24(18)13-14-24)25-15-17-11-9-8-10-12-17/h8-12,18-21H,13-16H2,1-7H3/t18-,19-,20-,21-/m1/s1. The van der Waals surface area contributed by atoms with E-state index in [1.165, 1.54) is 18.4 Å². The zero-order chi connectivity index (χ0) is 21.1. The number of benzene rings is 1. The van der Waals surface area contributed by atoms with Gasteiger partial charge in [0.05, 0.1) is 18.8 Å². The summed E-state index contributed by atoms with van der Waals surface area (Å²) in [5, 5.41) is 0.206. The lowest BCUT2D eigenvalue weighted by Crippen LogP contribution is -2.44. The lowest BCUT2D eigenvalue weighted by molar-refractivity contribution is -0.185. The van der Waals surface area contributed by atoms with E-state index in [0.717, 1.165) is 6.61 Å². The quantitative estimate of drug-likeness (QED) is 0.570. The van der Waals surface area contributed by atoms with Crippen molar-refractivity contribution in [1.29, 1.82) is 0 Å². The summed E-state index contributed by atoms with van der Waals surface area (Å²) in [6.07, 6.45) is 2.47. The van der Waals surface area contributed by atoms with Crippen LogP contribution in [0, 0.1) is 11.3 Å². The molecule has 3 aliphatic rings. The maximum Gasteiger partial charge on any atom is 0.191 e. The van der Waals surface area contributed by atoms with Crippen LogP contribution in [0.5, 0.6) is 0 Å². The van der Waals surface area contributed by atoms with Crippen LogP contribution in [0.3, 0.4) is 0 Å². The SMILES string of the molecule is CC1(C)O[C@@H]2[C@H](O1)[C@@H](CO[Si](C)(C)C(C)(C)C)C1(CC1)[C@@H]2OCc1ccccc1. The van der Waals surface area contributed by atoms with Gasteiger partial charge in [-0.1, -0.05) is 51.1 Å². The van der Waals surface area contributed by atoms with E-state index >= 15 is 0 Å². The summed E-state index contributed by atoms with van der Waals surface area (Å²) < 4.78 is 26.1. The van der Waals surface area contributed by atoms with Crippen LogP contribution in [0.25, 0.3) is 0 Å². The summed E-state index contributed by atoms with van der Waals surface area (Å²) in [6.45, 7) is 17.0. The van der Waals surface area contributed by atoms with Crippen LogP contribution >= 0.6 is 0 Å². The van der Waals surface area contributed by atoms with Crippen molar-refractivity contribution in [1.82, 2.24) is 0 Å². The highest BCUT2D eigenvalue weighted by Crippen LogP contribution is 2.66. The van der Waals surface area contributed by atoms with Crippen molar-refractivity contribution in [3.63, 3.8) is 0 Å². The summed E-state index contributed by atoms with van der Waals surface area (Å²) >= 11 is 0. The molecule has 1 saturated heterocycles. The fraction of sp³-hybridized carbons (Fsp3) is 0.750. The minimum atomic E-state index is -1.82. The molecule has 0 N–H and O–H groups in total. The molecule has 1 spiro atoms. The second-order valence-electron chi connectivity index (χ2n) is 11.2. The van der Waals surface area contributed by atoms with Crippen LogP contribution in [0.1, 0.15) is 53.0 Å². The predicted molar refractivity (Wildman–Crippen MR) is 117 cm³/mol. The Bertz CT molecular complexity index is 720. The van der Waals surface area contributed by atoms with Gasteiger partial charge in [-0.25, -0.2) is 0 Å². The van der Waals surface area contributed by atoms with Gasteiger partial charge in [0.25, 0.3) is 0 Å². The summed E-state index contributed by atoms with van der Waals surface area (Å²) in [5.74, 6) is -0.223. The van der Waals surface area contributed by atoms with Gasteiger partial charge in [-0.3, -0.25) is 0 Å². The van der Waals surface area contributed by atoms with Crippen molar-refractivity contribution < 1.29 is 18.6 Å². The monoisotopic (exact) mass is 418 g/mol. The van der Waals surface area contributed by atoms with E-state index in [-0.39, 0.29) is 28.8 Å². The fourth-order valence-corrected chi connectivity index (χ4v) is 5.85. The van der Waals surface area contributed by atoms with E-state index < -0.39 is 14.1 Å². The average Bonchev–Trinajstić information content (AvgIpc) is 3.29. The molecule has 1 aromatic carbocycles. The molecule has 0 aromatic heterocycles. The molecule has 5 heteroatoms. The Hall–Kier alpha value is -0.723. The molecule has 0 bridgehead atoms. The maximum atomic E-state index is 6.69. The third-order valence-electron chi connectivity index (χ3n) is 7.69. The molecule has 0 unspecified atom stereocenters. The molecule has 4 nitrogen and oxygen atoms in total. The number of rotatable bonds is 6.